The highest BCUT2D eigenvalue weighted by Gasteiger charge is 2.30. The predicted molar refractivity (Wildman–Crippen MR) is 121 cm³/mol. The van der Waals surface area contributed by atoms with Crippen LogP contribution in [0.15, 0.2) is 42.5 Å². The molecule has 1 amide bonds. The van der Waals surface area contributed by atoms with Crippen LogP contribution in [-0.2, 0) is 9.53 Å². The maximum Gasteiger partial charge on any atom is 0.310 e. The van der Waals surface area contributed by atoms with Gasteiger partial charge in [-0.15, -0.1) is 0 Å². The highest BCUT2D eigenvalue weighted by Crippen LogP contribution is 2.26. The molecular formula is C23H22N4O3S. The van der Waals surface area contributed by atoms with Gasteiger partial charge in [-0.2, -0.15) is 0 Å². The molecule has 1 aliphatic rings. The van der Waals surface area contributed by atoms with E-state index in [1.807, 2.05) is 46.9 Å². The number of aromatic nitrogens is 3. The number of fused-ring (bicyclic) bond motifs is 5. The number of benzene rings is 2. The van der Waals surface area contributed by atoms with Crippen LogP contribution in [0.25, 0.3) is 27.6 Å². The third-order valence-corrected chi connectivity index (χ3v) is 6.13. The number of carbonyl (C=O) groups is 2. The molecule has 0 aliphatic carbocycles. The van der Waals surface area contributed by atoms with E-state index in [0.717, 1.165) is 40.4 Å². The number of imidazole rings is 1. The molecule has 1 saturated heterocycles. The lowest BCUT2D eigenvalue weighted by Gasteiger charge is -2.31. The van der Waals surface area contributed by atoms with Crippen molar-refractivity contribution in [1.29, 1.82) is 0 Å². The lowest BCUT2D eigenvalue weighted by molar-refractivity contribution is -0.149. The fourth-order valence-corrected chi connectivity index (χ4v) is 4.65. The first kappa shape index (κ1) is 19.7. The van der Waals surface area contributed by atoms with Crippen LogP contribution in [0, 0.1) is 10.7 Å². The number of likely N-dealkylation sites (tertiary alicyclic amines) is 1. The number of amides is 1. The summed E-state index contributed by atoms with van der Waals surface area (Å²) in [5.41, 5.74) is 3.90. The molecule has 1 N–H and O–H groups in total. The second kappa shape index (κ2) is 7.77. The van der Waals surface area contributed by atoms with Crippen LogP contribution in [0.1, 0.15) is 30.1 Å². The Morgan fingerprint density at radius 3 is 2.94 bits per heavy atom. The first-order chi connectivity index (χ1) is 15.1. The Kier molecular flexibility index (Phi) is 4.94. The van der Waals surface area contributed by atoms with Crippen LogP contribution in [0.5, 0.6) is 0 Å². The second-order valence-corrected chi connectivity index (χ2v) is 8.18. The topological polar surface area (TPSA) is 79.7 Å². The number of H-pyrrole nitrogens is 1. The van der Waals surface area contributed by atoms with Gasteiger partial charge < -0.3 is 14.6 Å². The van der Waals surface area contributed by atoms with Crippen molar-refractivity contribution < 1.29 is 14.3 Å². The van der Waals surface area contributed by atoms with Crippen LogP contribution < -0.4 is 0 Å². The Labute approximate surface area is 183 Å². The quantitative estimate of drug-likeness (QED) is 0.388. The molecule has 2 aromatic carbocycles. The van der Waals surface area contributed by atoms with Crippen LogP contribution in [0.3, 0.4) is 0 Å². The minimum atomic E-state index is -0.263. The number of nitrogens with one attached hydrogen (secondary N) is 1. The molecule has 4 aromatic rings. The molecule has 0 bridgehead atoms. The molecule has 0 radical (unpaired) electrons. The molecule has 1 unspecified atom stereocenters. The number of esters is 1. The predicted octanol–water partition coefficient (Wildman–Crippen LogP) is 4.11. The molecule has 158 valence electrons. The van der Waals surface area contributed by atoms with E-state index < -0.39 is 0 Å². The van der Waals surface area contributed by atoms with Crippen molar-refractivity contribution in [1.82, 2.24) is 19.3 Å². The summed E-state index contributed by atoms with van der Waals surface area (Å²) in [6, 6.07) is 13.4. The van der Waals surface area contributed by atoms with Crippen molar-refractivity contribution in [2.45, 2.75) is 19.8 Å². The normalized spacial score (nSPS) is 16.8. The minimum Gasteiger partial charge on any atom is -0.466 e. The molecule has 7 nitrogen and oxygen atoms in total. The third kappa shape index (κ3) is 3.37. The smallest absolute Gasteiger partial charge is 0.310 e. The lowest BCUT2D eigenvalue weighted by Crippen LogP contribution is -2.42. The Hall–Kier alpha value is -3.26. The lowest BCUT2D eigenvalue weighted by atomic mass is 9.97. The number of carbonyl (C=O) groups excluding carboxylic acids is 2. The Bertz CT molecular complexity index is 1390. The number of piperidine rings is 1. The third-order valence-electron chi connectivity index (χ3n) is 5.84. The van der Waals surface area contributed by atoms with Crippen LogP contribution in [-0.4, -0.2) is 50.8 Å². The zero-order valence-corrected chi connectivity index (χ0v) is 17.9. The average molecular weight is 435 g/mol. The highest BCUT2D eigenvalue weighted by molar-refractivity contribution is 7.71. The number of aromatic amines is 1. The van der Waals surface area contributed by atoms with Gasteiger partial charge in [0.1, 0.15) is 5.65 Å². The van der Waals surface area contributed by atoms with E-state index in [1.54, 1.807) is 11.8 Å². The summed E-state index contributed by atoms with van der Waals surface area (Å²) in [7, 11) is 0. The van der Waals surface area contributed by atoms with E-state index in [-0.39, 0.29) is 17.8 Å². The Balaban J connectivity index is 1.52. The number of ether oxygens (including phenoxy) is 1. The molecule has 5 rings (SSSR count). The largest absolute Gasteiger partial charge is 0.466 e. The van der Waals surface area contributed by atoms with Crippen molar-refractivity contribution in [2.75, 3.05) is 19.7 Å². The molecule has 3 heterocycles. The second-order valence-electron chi connectivity index (χ2n) is 7.79. The molecule has 8 heteroatoms. The van der Waals surface area contributed by atoms with Crippen LogP contribution in [0.2, 0.25) is 0 Å². The molecule has 31 heavy (non-hydrogen) atoms. The van der Waals surface area contributed by atoms with Gasteiger partial charge in [-0.1, -0.05) is 12.1 Å². The molecule has 1 atom stereocenters. The van der Waals surface area contributed by atoms with E-state index in [0.29, 0.717) is 30.0 Å². The first-order valence-electron chi connectivity index (χ1n) is 10.5. The summed E-state index contributed by atoms with van der Waals surface area (Å²) in [5.74, 6) is -0.583. The molecular weight excluding hydrogens is 412 g/mol. The van der Waals surface area contributed by atoms with Crippen LogP contribution in [0.4, 0.5) is 0 Å². The zero-order valence-electron chi connectivity index (χ0n) is 17.1. The molecule has 2 aromatic heterocycles. The molecule has 0 saturated carbocycles. The van der Waals surface area contributed by atoms with E-state index in [4.69, 9.17) is 21.9 Å². The van der Waals surface area contributed by atoms with Gasteiger partial charge in [0.15, 0.2) is 4.77 Å². The Morgan fingerprint density at radius 2 is 2.10 bits per heavy atom. The monoisotopic (exact) mass is 434 g/mol. The number of rotatable bonds is 3. The fourth-order valence-electron chi connectivity index (χ4n) is 4.36. The van der Waals surface area contributed by atoms with Gasteiger partial charge in [0.2, 0.25) is 0 Å². The summed E-state index contributed by atoms with van der Waals surface area (Å²) in [4.78, 5) is 35.0. The van der Waals surface area contributed by atoms with Crippen LogP contribution >= 0.6 is 12.2 Å². The number of hydrogen-bond donors (Lipinski definition) is 1. The van der Waals surface area contributed by atoms with Crippen molar-refractivity contribution in [3.63, 3.8) is 0 Å². The Morgan fingerprint density at radius 1 is 1.26 bits per heavy atom. The van der Waals surface area contributed by atoms with Gasteiger partial charge in [-0.25, -0.2) is 4.98 Å². The van der Waals surface area contributed by atoms with Gasteiger partial charge in [0.25, 0.3) is 5.91 Å². The first-order valence-corrected chi connectivity index (χ1v) is 10.9. The van der Waals surface area contributed by atoms with Gasteiger partial charge in [-0.3, -0.25) is 14.0 Å². The van der Waals surface area contributed by atoms with Crippen molar-refractivity contribution in [2.24, 2.45) is 5.92 Å². The average Bonchev–Trinajstić information content (AvgIpc) is 3.19. The van der Waals surface area contributed by atoms with Crippen molar-refractivity contribution in [3.05, 3.63) is 52.8 Å². The van der Waals surface area contributed by atoms with Crippen molar-refractivity contribution in [3.8, 4) is 0 Å². The number of hydrogen-bond acceptors (Lipinski definition) is 5. The maximum atomic E-state index is 13.2. The summed E-state index contributed by atoms with van der Waals surface area (Å²) in [6.45, 7) is 3.16. The van der Waals surface area contributed by atoms with E-state index >= 15 is 0 Å². The number of nitrogens with zero attached hydrogens (tertiary/aromatic N) is 3. The zero-order chi connectivity index (χ0) is 21.5. The number of para-hydroxylation sites is 2. The minimum absolute atomic E-state index is 0.0939. The van der Waals surface area contributed by atoms with Crippen molar-refractivity contribution >= 4 is 51.7 Å². The molecule has 1 aliphatic heterocycles. The summed E-state index contributed by atoms with van der Waals surface area (Å²) in [6.07, 6.45) is 1.53. The molecule has 1 fully saturated rings. The van der Waals surface area contributed by atoms with Gasteiger partial charge >= 0.3 is 5.97 Å². The van der Waals surface area contributed by atoms with Gasteiger partial charge in [-0.05, 0) is 62.3 Å². The summed E-state index contributed by atoms with van der Waals surface area (Å²) in [5, 5.41) is 0.893. The highest BCUT2D eigenvalue weighted by atomic mass is 32.1. The summed E-state index contributed by atoms with van der Waals surface area (Å²) >= 11 is 5.59. The van der Waals surface area contributed by atoms with E-state index in [1.165, 1.54) is 0 Å². The van der Waals surface area contributed by atoms with E-state index in [9.17, 15) is 9.59 Å². The van der Waals surface area contributed by atoms with Gasteiger partial charge in [0, 0.05) is 24.0 Å². The van der Waals surface area contributed by atoms with Gasteiger partial charge in [0.05, 0.1) is 29.1 Å². The SMILES string of the molecule is CCOC(=O)C1CCCN(C(=O)c2ccc3c(c2)[nH]c(=S)n2c4ccccc4nc32)C1. The molecule has 0 spiro atoms. The summed E-state index contributed by atoms with van der Waals surface area (Å²) < 4.78 is 7.60. The van der Waals surface area contributed by atoms with E-state index in [2.05, 4.69) is 4.98 Å². The maximum absolute atomic E-state index is 13.2. The fraction of sp³-hybridized carbons (Fsp3) is 0.304. The standard InChI is InChI=1S/C23H22N4O3S/c1-2-30-22(29)15-6-5-11-26(13-15)21(28)14-9-10-16-18(12-14)25-23(31)27-19-8-4-3-7-17(19)24-20(16)27/h3-4,7-10,12,15H,2,5-6,11,13H2,1H3,(H,25,31).